The minimum absolute atomic E-state index is 0.0732. The third kappa shape index (κ3) is 5.25. The van der Waals surface area contributed by atoms with E-state index in [4.69, 9.17) is 4.74 Å². The standard InChI is InChI=1S/C20H30FN3O2/c1-14-12-24(8-7-22-14)13-16-10-17(21)11-19(15(16)2)23-20(25)6-5-18-4-3-9-26-18/h10-11,14,18,22H,3-9,12-13H2,1-2H3,(H,23,25)/t14-,18?/m0/s1. The first-order valence-corrected chi connectivity index (χ1v) is 9.67. The largest absolute Gasteiger partial charge is 0.378 e. The van der Waals surface area contributed by atoms with Gasteiger partial charge in [0.2, 0.25) is 5.91 Å². The Hall–Kier alpha value is -1.50. The number of ether oxygens (including phenoxy) is 1. The Morgan fingerprint density at radius 1 is 1.46 bits per heavy atom. The van der Waals surface area contributed by atoms with Crippen LogP contribution in [0.3, 0.4) is 0 Å². The van der Waals surface area contributed by atoms with Gasteiger partial charge in [0.15, 0.2) is 0 Å². The summed E-state index contributed by atoms with van der Waals surface area (Å²) in [6.07, 6.45) is 3.43. The molecule has 2 heterocycles. The van der Waals surface area contributed by atoms with Crippen LogP contribution in [0.4, 0.5) is 10.1 Å². The van der Waals surface area contributed by atoms with Crippen molar-refractivity contribution in [1.29, 1.82) is 0 Å². The highest BCUT2D eigenvalue weighted by Crippen LogP contribution is 2.24. The lowest BCUT2D eigenvalue weighted by atomic mass is 10.0. The molecule has 3 rings (SSSR count). The van der Waals surface area contributed by atoms with Crippen molar-refractivity contribution in [2.45, 2.75) is 58.2 Å². The number of carbonyl (C=O) groups is 1. The van der Waals surface area contributed by atoms with Crippen LogP contribution in [0.1, 0.15) is 43.7 Å². The Balaban J connectivity index is 1.61. The maximum atomic E-state index is 14.1. The lowest BCUT2D eigenvalue weighted by Gasteiger charge is -2.32. The van der Waals surface area contributed by atoms with Gasteiger partial charge < -0.3 is 15.4 Å². The molecule has 0 aliphatic carbocycles. The molecule has 144 valence electrons. The summed E-state index contributed by atoms with van der Waals surface area (Å²) >= 11 is 0. The number of amides is 1. The Bertz CT molecular complexity index is 632. The molecule has 1 aromatic carbocycles. The van der Waals surface area contributed by atoms with Gasteiger partial charge in [0.25, 0.3) is 0 Å². The molecule has 1 amide bonds. The number of piperazine rings is 1. The zero-order valence-corrected chi connectivity index (χ0v) is 15.8. The molecule has 0 bridgehead atoms. The quantitative estimate of drug-likeness (QED) is 0.816. The molecule has 0 saturated carbocycles. The van der Waals surface area contributed by atoms with Gasteiger partial charge >= 0.3 is 0 Å². The predicted octanol–water partition coefficient (Wildman–Crippen LogP) is 2.83. The fourth-order valence-corrected chi connectivity index (χ4v) is 3.80. The van der Waals surface area contributed by atoms with Gasteiger partial charge in [-0.25, -0.2) is 4.39 Å². The number of nitrogens with one attached hydrogen (secondary N) is 2. The van der Waals surface area contributed by atoms with Crippen molar-refractivity contribution < 1.29 is 13.9 Å². The second kappa shape index (κ2) is 8.93. The van der Waals surface area contributed by atoms with Crippen LogP contribution in [-0.2, 0) is 16.1 Å². The molecule has 2 aliphatic heterocycles. The van der Waals surface area contributed by atoms with Crippen molar-refractivity contribution in [3.8, 4) is 0 Å². The topological polar surface area (TPSA) is 53.6 Å². The molecular formula is C20H30FN3O2. The molecule has 0 aromatic heterocycles. The molecule has 1 unspecified atom stereocenters. The van der Waals surface area contributed by atoms with E-state index in [0.29, 0.717) is 24.7 Å². The molecule has 2 aliphatic rings. The zero-order chi connectivity index (χ0) is 18.5. The highest BCUT2D eigenvalue weighted by molar-refractivity contribution is 5.91. The zero-order valence-electron chi connectivity index (χ0n) is 15.8. The van der Waals surface area contributed by atoms with Gasteiger partial charge in [-0.3, -0.25) is 9.69 Å². The van der Waals surface area contributed by atoms with Gasteiger partial charge in [-0.05, 0) is 56.4 Å². The molecule has 0 radical (unpaired) electrons. The lowest BCUT2D eigenvalue weighted by Crippen LogP contribution is -2.48. The van der Waals surface area contributed by atoms with Crippen molar-refractivity contribution in [2.75, 3.05) is 31.6 Å². The molecule has 0 spiro atoms. The van der Waals surface area contributed by atoms with Crippen molar-refractivity contribution in [3.05, 3.63) is 29.1 Å². The number of halogens is 1. The van der Waals surface area contributed by atoms with Crippen LogP contribution in [-0.4, -0.2) is 49.2 Å². The summed E-state index contributed by atoms with van der Waals surface area (Å²) in [5.74, 6) is -0.376. The summed E-state index contributed by atoms with van der Waals surface area (Å²) in [6.45, 7) is 8.45. The monoisotopic (exact) mass is 363 g/mol. The van der Waals surface area contributed by atoms with E-state index >= 15 is 0 Å². The Morgan fingerprint density at radius 3 is 3.04 bits per heavy atom. The van der Waals surface area contributed by atoms with E-state index < -0.39 is 0 Å². The summed E-state index contributed by atoms with van der Waals surface area (Å²) < 4.78 is 19.7. The first-order chi connectivity index (χ1) is 12.5. The fourth-order valence-electron chi connectivity index (χ4n) is 3.80. The second-order valence-corrected chi connectivity index (χ2v) is 7.55. The van der Waals surface area contributed by atoms with E-state index in [1.54, 1.807) is 6.07 Å². The molecule has 1 aromatic rings. The highest BCUT2D eigenvalue weighted by atomic mass is 19.1. The summed E-state index contributed by atoms with van der Waals surface area (Å²) in [4.78, 5) is 14.6. The van der Waals surface area contributed by atoms with E-state index in [1.165, 1.54) is 6.07 Å². The first kappa shape index (κ1) is 19.3. The van der Waals surface area contributed by atoms with E-state index in [-0.39, 0.29) is 17.8 Å². The van der Waals surface area contributed by atoms with Crippen LogP contribution >= 0.6 is 0 Å². The summed E-state index contributed by atoms with van der Waals surface area (Å²) in [5.41, 5.74) is 2.47. The molecule has 2 N–H and O–H groups in total. The molecule has 6 heteroatoms. The van der Waals surface area contributed by atoms with Gasteiger partial charge in [-0.1, -0.05) is 0 Å². The summed E-state index contributed by atoms with van der Waals surface area (Å²) in [7, 11) is 0. The third-order valence-electron chi connectivity index (χ3n) is 5.32. The average Bonchev–Trinajstić information content (AvgIpc) is 3.11. The van der Waals surface area contributed by atoms with E-state index in [9.17, 15) is 9.18 Å². The maximum Gasteiger partial charge on any atom is 0.224 e. The van der Waals surface area contributed by atoms with E-state index in [2.05, 4.69) is 22.5 Å². The van der Waals surface area contributed by atoms with Gasteiger partial charge in [0.1, 0.15) is 5.82 Å². The van der Waals surface area contributed by atoms with E-state index in [0.717, 1.165) is 56.6 Å². The van der Waals surface area contributed by atoms with Gasteiger partial charge in [-0.15, -0.1) is 0 Å². The third-order valence-corrected chi connectivity index (χ3v) is 5.32. The molecular weight excluding hydrogens is 333 g/mol. The molecule has 5 nitrogen and oxygen atoms in total. The molecule has 26 heavy (non-hydrogen) atoms. The number of hydrogen-bond donors (Lipinski definition) is 2. The number of hydrogen-bond acceptors (Lipinski definition) is 4. The molecule has 2 fully saturated rings. The van der Waals surface area contributed by atoms with Crippen molar-refractivity contribution >= 4 is 11.6 Å². The van der Waals surface area contributed by atoms with Crippen LogP contribution in [0.15, 0.2) is 12.1 Å². The van der Waals surface area contributed by atoms with Gasteiger partial charge in [0, 0.05) is 50.9 Å². The van der Waals surface area contributed by atoms with Crippen LogP contribution < -0.4 is 10.6 Å². The van der Waals surface area contributed by atoms with Crippen molar-refractivity contribution in [2.24, 2.45) is 0 Å². The minimum atomic E-state index is -0.303. The number of anilines is 1. The Morgan fingerprint density at radius 2 is 2.31 bits per heavy atom. The van der Waals surface area contributed by atoms with Crippen molar-refractivity contribution in [1.82, 2.24) is 10.2 Å². The Labute approximate surface area is 155 Å². The molecule has 2 atom stereocenters. The highest BCUT2D eigenvalue weighted by Gasteiger charge is 2.19. The maximum absolute atomic E-state index is 14.1. The fraction of sp³-hybridized carbons (Fsp3) is 0.650. The SMILES string of the molecule is Cc1c(CN2CCN[C@@H](C)C2)cc(F)cc1NC(=O)CCC1CCCO1. The number of benzene rings is 1. The van der Waals surface area contributed by atoms with E-state index in [1.807, 2.05) is 6.92 Å². The number of rotatable bonds is 6. The second-order valence-electron chi connectivity index (χ2n) is 7.55. The minimum Gasteiger partial charge on any atom is -0.378 e. The van der Waals surface area contributed by atoms with Crippen LogP contribution in [0.25, 0.3) is 0 Å². The van der Waals surface area contributed by atoms with Gasteiger partial charge in [0.05, 0.1) is 6.10 Å². The average molecular weight is 363 g/mol. The van der Waals surface area contributed by atoms with Crippen LogP contribution in [0.2, 0.25) is 0 Å². The number of carbonyl (C=O) groups excluding carboxylic acids is 1. The summed E-state index contributed by atoms with van der Waals surface area (Å²) in [5, 5.41) is 6.31. The van der Waals surface area contributed by atoms with Crippen LogP contribution in [0, 0.1) is 12.7 Å². The number of nitrogens with zero attached hydrogens (tertiary/aromatic N) is 1. The smallest absolute Gasteiger partial charge is 0.224 e. The first-order valence-electron chi connectivity index (χ1n) is 9.67. The predicted molar refractivity (Wildman–Crippen MR) is 101 cm³/mol. The normalized spacial score (nSPS) is 24.0. The Kier molecular flexibility index (Phi) is 6.62. The molecule has 2 saturated heterocycles. The lowest BCUT2D eigenvalue weighted by molar-refractivity contribution is -0.116. The van der Waals surface area contributed by atoms with Gasteiger partial charge in [-0.2, -0.15) is 0 Å². The van der Waals surface area contributed by atoms with Crippen molar-refractivity contribution in [3.63, 3.8) is 0 Å². The summed E-state index contributed by atoms with van der Waals surface area (Å²) in [6, 6.07) is 3.45. The van der Waals surface area contributed by atoms with Crippen LogP contribution in [0.5, 0.6) is 0 Å².